The van der Waals surface area contributed by atoms with Crippen LogP contribution in [0, 0.1) is 12.8 Å². The molecule has 2 heterocycles. The van der Waals surface area contributed by atoms with E-state index in [9.17, 15) is 9.59 Å². The standard InChI is InChI=1S/C19H21N3O3/c1-13-7-16(10-20-9-13)18(23)21-17-4-2-3-14(8-17)11-22-6-5-15(12-22)19(24)25/h2-4,7-10,15H,5-6,11-12H2,1H3,(H,21,23)(H,24,25). The Labute approximate surface area is 146 Å². The molecule has 0 saturated carbocycles. The Morgan fingerprint density at radius 3 is 2.88 bits per heavy atom. The number of hydrogen-bond donors (Lipinski definition) is 2. The minimum absolute atomic E-state index is 0.194. The van der Waals surface area contributed by atoms with Gasteiger partial charge in [0.05, 0.1) is 11.5 Å². The molecule has 1 aromatic carbocycles. The number of rotatable bonds is 5. The van der Waals surface area contributed by atoms with Crippen LogP contribution in [0.4, 0.5) is 5.69 Å². The van der Waals surface area contributed by atoms with E-state index >= 15 is 0 Å². The number of nitrogens with one attached hydrogen (secondary N) is 1. The Morgan fingerprint density at radius 2 is 2.16 bits per heavy atom. The second-order valence-corrected chi connectivity index (χ2v) is 6.46. The molecule has 1 amide bonds. The molecular formula is C19H21N3O3. The van der Waals surface area contributed by atoms with Gasteiger partial charge in [0.1, 0.15) is 0 Å². The van der Waals surface area contributed by atoms with Crippen LogP contribution in [0.2, 0.25) is 0 Å². The monoisotopic (exact) mass is 339 g/mol. The van der Waals surface area contributed by atoms with Crippen molar-refractivity contribution in [3.63, 3.8) is 0 Å². The first-order valence-corrected chi connectivity index (χ1v) is 8.28. The Hall–Kier alpha value is -2.73. The molecule has 1 aliphatic rings. The molecule has 25 heavy (non-hydrogen) atoms. The zero-order valence-electron chi connectivity index (χ0n) is 14.1. The predicted molar refractivity (Wildman–Crippen MR) is 94.4 cm³/mol. The summed E-state index contributed by atoms with van der Waals surface area (Å²) in [7, 11) is 0. The Bertz CT molecular complexity index is 791. The Morgan fingerprint density at radius 1 is 1.32 bits per heavy atom. The van der Waals surface area contributed by atoms with Gasteiger partial charge in [-0.3, -0.25) is 19.5 Å². The Kier molecular flexibility index (Phi) is 5.09. The first-order chi connectivity index (χ1) is 12.0. The SMILES string of the molecule is Cc1cncc(C(=O)Nc2cccc(CN3CCC(C(=O)O)C3)c2)c1. The van der Waals surface area contributed by atoms with Gasteiger partial charge >= 0.3 is 5.97 Å². The van der Waals surface area contributed by atoms with Crippen molar-refractivity contribution in [3.8, 4) is 0 Å². The van der Waals surface area contributed by atoms with Crippen molar-refractivity contribution in [2.45, 2.75) is 19.9 Å². The normalized spacial score (nSPS) is 17.4. The van der Waals surface area contributed by atoms with Gasteiger partial charge in [0.2, 0.25) is 0 Å². The van der Waals surface area contributed by atoms with Crippen LogP contribution in [-0.2, 0) is 11.3 Å². The molecule has 3 rings (SSSR count). The highest BCUT2D eigenvalue weighted by atomic mass is 16.4. The maximum atomic E-state index is 12.3. The van der Waals surface area contributed by atoms with E-state index in [1.54, 1.807) is 18.5 Å². The number of hydrogen-bond acceptors (Lipinski definition) is 4. The predicted octanol–water partition coefficient (Wildman–Crippen LogP) is 2.55. The second kappa shape index (κ2) is 7.44. The first-order valence-electron chi connectivity index (χ1n) is 8.28. The third-order valence-electron chi connectivity index (χ3n) is 4.35. The lowest BCUT2D eigenvalue weighted by Crippen LogP contribution is -2.22. The lowest BCUT2D eigenvalue weighted by atomic mass is 10.1. The molecule has 1 atom stereocenters. The highest BCUT2D eigenvalue weighted by Gasteiger charge is 2.27. The molecule has 1 saturated heterocycles. The molecule has 1 aromatic heterocycles. The third-order valence-corrected chi connectivity index (χ3v) is 4.35. The average molecular weight is 339 g/mol. The highest BCUT2D eigenvalue weighted by Crippen LogP contribution is 2.20. The number of aliphatic carboxylic acids is 1. The maximum absolute atomic E-state index is 12.3. The van der Waals surface area contributed by atoms with Crippen molar-refractivity contribution in [1.82, 2.24) is 9.88 Å². The zero-order chi connectivity index (χ0) is 17.8. The van der Waals surface area contributed by atoms with Crippen LogP contribution in [0.3, 0.4) is 0 Å². The van der Waals surface area contributed by atoms with Crippen LogP contribution in [0.25, 0.3) is 0 Å². The van der Waals surface area contributed by atoms with Gasteiger partial charge in [0.15, 0.2) is 0 Å². The van der Waals surface area contributed by atoms with E-state index in [2.05, 4.69) is 15.2 Å². The number of carboxylic acid groups (broad SMARTS) is 1. The summed E-state index contributed by atoms with van der Waals surface area (Å²) in [6.07, 6.45) is 3.94. The number of anilines is 1. The summed E-state index contributed by atoms with van der Waals surface area (Å²) in [5.41, 5.74) is 3.22. The number of nitrogens with zero attached hydrogens (tertiary/aromatic N) is 2. The molecule has 2 N–H and O–H groups in total. The van der Waals surface area contributed by atoms with Gasteiger partial charge in [-0.15, -0.1) is 0 Å². The second-order valence-electron chi connectivity index (χ2n) is 6.46. The summed E-state index contributed by atoms with van der Waals surface area (Å²) in [6.45, 7) is 3.92. The fourth-order valence-corrected chi connectivity index (χ4v) is 3.07. The largest absolute Gasteiger partial charge is 0.481 e. The molecular weight excluding hydrogens is 318 g/mol. The molecule has 2 aromatic rings. The highest BCUT2D eigenvalue weighted by molar-refractivity contribution is 6.04. The van der Waals surface area contributed by atoms with E-state index in [-0.39, 0.29) is 11.8 Å². The fraction of sp³-hybridized carbons (Fsp3) is 0.316. The van der Waals surface area contributed by atoms with Gasteiger partial charge in [-0.25, -0.2) is 0 Å². The number of aromatic nitrogens is 1. The summed E-state index contributed by atoms with van der Waals surface area (Å²) in [5, 5.41) is 12.0. The van der Waals surface area contributed by atoms with E-state index < -0.39 is 5.97 Å². The van der Waals surface area contributed by atoms with E-state index in [4.69, 9.17) is 5.11 Å². The molecule has 0 spiro atoms. The van der Waals surface area contributed by atoms with Crippen LogP contribution < -0.4 is 5.32 Å². The van der Waals surface area contributed by atoms with Crippen molar-refractivity contribution in [1.29, 1.82) is 0 Å². The quantitative estimate of drug-likeness (QED) is 0.875. The minimum Gasteiger partial charge on any atom is -0.481 e. The Balaban J connectivity index is 1.64. The minimum atomic E-state index is -0.727. The van der Waals surface area contributed by atoms with Gasteiger partial charge in [-0.05, 0) is 49.2 Å². The van der Waals surface area contributed by atoms with E-state index in [1.807, 2.05) is 31.2 Å². The van der Waals surface area contributed by atoms with Crippen molar-refractivity contribution < 1.29 is 14.7 Å². The summed E-state index contributed by atoms with van der Waals surface area (Å²) in [4.78, 5) is 29.5. The number of benzene rings is 1. The number of aryl methyl sites for hydroxylation is 1. The maximum Gasteiger partial charge on any atom is 0.307 e. The number of carbonyl (C=O) groups excluding carboxylic acids is 1. The molecule has 6 heteroatoms. The van der Waals surface area contributed by atoms with Gasteiger partial charge in [0.25, 0.3) is 5.91 Å². The number of likely N-dealkylation sites (tertiary alicyclic amines) is 1. The number of carbonyl (C=O) groups is 2. The first kappa shape index (κ1) is 17.1. The zero-order valence-corrected chi connectivity index (χ0v) is 14.1. The van der Waals surface area contributed by atoms with Crippen molar-refractivity contribution in [2.24, 2.45) is 5.92 Å². The summed E-state index contributed by atoms with van der Waals surface area (Å²) < 4.78 is 0. The van der Waals surface area contributed by atoms with E-state index in [0.29, 0.717) is 25.1 Å². The third kappa shape index (κ3) is 4.42. The number of amides is 1. The molecule has 0 aliphatic carbocycles. The van der Waals surface area contributed by atoms with Crippen molar-refractivity contribution in [2.75, 3.05) is 18.4 Å². The van der Waals surface area contributed by atoms with Gasteiger partial charge in [-0.1, -0.05) is 12.1 Å². The van der Waals surface area contributed by atoms with Crippen LogP contribution in [0.15, 0.2) is 42.7 Å². The van der Waals surface area contributed by atoms with Gasteiger partial charge < -0.3 is 10.4 Å². The van der Waals surface area contributed by atoms with Crippen LogP contribution in [-0.4, -0.2) is 40.0 Å². The fourth-order valence-electron chi connectivity index (χ4n) is 3.07. The summed E-state index contributed by atoms with van der Waals surface area (Å²) in [6, 6.07) is 9.44. The lowest BCUT2D eigenvalue weighted by molar-refractivity contribution is -0.141. The van der Waals surface area contributed by atoms with Gasteiger partial charge in [-0.2, -0.15) is 0 Å². The van der Waals surface area contributed by atoms with Crippen molar-refractivity contribution in [3.05, 3.63) is 59.4 Å². The number of pyridine rings is 1. The van der Waals surface area contributed by atoms with Crippen LogP contribution in [0.1, 0.15) is 27.9 Å². The molecule has 130 valence electrons. The van der Waals surface area contributed by atoms with Crippen LogP contribution >= 0.6 is 0 Å². The van der Waals surface area contributed by atoms with E-state index in [1.165, 1.54) is 0 Å². The van der Waals surface area contributed by atoms with Crippen LogP contribution in [0.5, 0.6) is 0 Å². The molecule has 6 nitrogen and oxygen atoms in total. The van der Waals surface area contributed by atoms with Crippen molar-refractivity contribution >= 4 is 17.6 Å². The molecule has 0 radical (unpaired) electrons. The molecule has 1 fully saturated rings. The van der Waals surface area contributed by atoms with E-state index in [0.717, 1.165) is 23.4 Å². The smallest absolute Gasteiger partial charge is 0.307 e. The molecule has 0 bridgehead atoms. The number of carboxylic acids is 1. The average Bonchev–Trinajstić information content (AvgIpc) is 3.04. The van der Waals surface area contributed by atoms with Gasteiger partial charge in [0, 0.05) is 31.2 Å². The summed E-state index contributed by atoms with van der Waals surface area (Å²) in [5.74, 6) is -1.20. The lowest BCUT2D eigenvalue weighted by Gasteiger charge is -2.16. The molecule has 1 aliphatic heterocycles. The summed E-state index contributed by atoms with van der Waals surface area (Å²) >= 11 is 0. The molecule has 1 unspecified atom stereocenters. The topological polar surface area (TPSA) is 82.5 Å².